The maximum Gasteiger partial charge on any atom is 1.00 e. The van der Waals surface area contributed by atoms with Gasteiger partial charge in [0.2, 0.25) is 0 Å². The number of carboxylic acid groups (broad SMARTS) is 3. The fourth-order valence-electron chi connectivity index (χ4n) is 7.59. The molecule has 4 aromatic carbocycles. The normalized spacial score (nSPS) is 11.1. The van der Waals surface area contributed by atoms with Gasteiger partial charge < -0.3 is 44.4 Å². The van der Waals surface area contributed by atoms with Crippen LogP contribution in [0.4, 0.5) is 0 Å². The summed E-state index contributed by atoms with van der Waals surface area (Å²) in [5, 5.41) is 35.2. The Morgan fingerprint density at radius 3 is 0.938 bits per heavy atom. The average molecular weight is 883 g/mol. The molecule has 0 aliphatic carbocycles. The van der Waals surface area contributed by atoms with Crippen molar-refractivity contribution in [3.8, 4) is 50.3 Å². The van der Waals surface area contributed by atoms with Crippen molar-refractivity contribution in [2.75, 3.05) is 0 Å². The number of benzene rings is 4. The molecule has 65 heavy (non-hydrogen) atoms. The molecule has 9 rings (SSSR count). The zero-order valence-corrected chi connectivity index (χ0v) is 41.3. The van der Waals surface area contributed by atoms with Crippen LogP contribution in [0.3, 0.4) is 0 Å². The molecule has 5 heterocycles. The molecule has 12 nitrogen and oxygen atoms in total. The van der Waals surface area contributed by atoms with Gasteiger partial charge in [-0.05, 0) is 99.6 Å². The first-order valence-electron chi connectivity index (χ1n) is 19.1. The number of carbonyl (C=O) groups excluding carboxylic acids is 4. The number of nitrogens with zero attached hydrogens (tertiary/aromatic N) is 2. The van der Waals surface area contributed by atoms with Gasteiger partial charge in [-0.15, -0.1) is 0 Å². The van der Waals surface area contributed by atoms with Gasteiger partial charge in [0.25, 0.3) is 0 Å². The Balaban J connectivity index is 0.00000233. The maximum atomic E-state index is 12.0. The van der Waals surface area contributed by atoms with Crippen LogP contribution in [0, 0.1) is 0 Å². The van der Waals surface area contributed by atoms with E-state index in [0.717, 1.165) is 11.6 Å². The number of fused-ring (bicyclic) bond motifs is 8. The molecule has 0 spiro atoms. The van der Waals surface area contributed by atoms with Crippen molar-refractivity contribution >= 4 is 70.2 Å². The van der Waals surface area contributed by atoms with Gasteiger partial charge in [0.05, 0.1) is 40.7 Å². The van der Waals surface area contributed by atoms with Crippen LogP contribution in [0.25, 0.3) is 90.9 Å². The van der Waals surface area contributed by atoms with Gasteiger partial charge >= 0.3 is 94.6 Å². The monoisotopic (exact) mass is 882 g/mol. The van der Waals surface area contributed by atoms with E-state index in [0.29, 0.717) is 89.5 Å². The Labute approximate surface area is 437 Å². The van der Waals surface area contributed by atoms with Crippen molar-refractivity contribution in [1.82, 2.24) is 19.9 Å². The number of hydrogen-bond acceptors (Lipinski definition) is 10. The molecule has 0 unspecified atom stereocenters. The first kappa shape index (κ1) is 48.6. The predicted molar refractivity (Wildman–Crippen MR) is 229 cm³/mol. The summed E-state index contributed by atoms with van der Waals surface area (Å²) in [7, 11) is 0. The van der Waals surface area contributed by atoms with E-state index < -0.39 is 23.9 Å². The van der Waals surface area contributed by atoms with Crippen molar-refractivity contribution in [3.05, 3.63) is 173 Å². The minimum Gasteiger partial charge on any atom is -0.545 e. The topological polar surface area (TPSA) is 204 Å². The summed E-state index contributed by atoms with van der Waals surface area (Å²) in [4.78, 5) is 64.7. The van der Waals surface area contributed by atoms with Gasteiger partial charge in [0.1, 0.15) is 5.75 Å². The Morgan fingerprint density at radius 2 is 0.692 bits per heavy atom. The minimum absolute atomic E-state index is 0. The van der Waals surface area contributed by atoms with E-state index in [2.05, 4.69) is 16.5 Å². The summed E-state index contributed by atoms with van der Waals surface area (Å²) in [6, 6.07) is 33.4. The van der Waals surface area contributed by atoms with E-state index in [4.69, 9.17) is 14.7 Å². The first-order chi connectivity index (χ1) is 30.0. The number of ether oxygens (including phenoxy) is 1. The van der Waals surface area contributed by atoms with Crippen molar-refractivity contribution in [2.24, 2.45) is 0 Å². The van der Waals surface area contributed by atoms with Crippen molar-refractivity contribution in [1.29, 1.82) is 0 Å². The molecule has 8 bridgehead atoms. The third-order valence-corrected chi connectivity index (χ3v) is 10.5. The molecule has 2 N–H and O–H groups in total. The van der Waals surface area contributed by atoms with Crippen LogP contribution in [0.5, 0.6) is 5.75 Å². The van der Waals surface area contributed by atoms with Crippen LogP contribution in [-0.4, -0.2) is 43.8 Å². The largest absolute Gasteiger partial charge is 1.00 e. The predicted octanol–water partition coefficient (Wildman–Crippen LogP) is -2.48. The van der Waals surface area contributed by atoms with Crippen molar-refractivity contribution < 1.29 is 128 Å². The quantitative estimate of drug-likeness (QED) is 0.0677. The summed E-state index contributed by atoms with van der Waals surface area (Å²) in [6.07, 6.45) is 8.52. The van der Waals surface area contributed by atoms with Gasteiger partial charge in [0.15, 0.2) is 0 Å². The van der Waals surface area contributed by atoms with Crippen LogP contribution < -0.4 is 109 Å². The number of aromatic nitrogens is 4. The third kappa shape index (κ3) is 9.87. The Bertz CT molecular complexity index is 3210. The van der Waals surface area contributed by atoms with Gasteiger partial charge in [-0.2, -0.15) is 0 Å². The second-order valence-corrected chi connectivity index (χ2v) is 14.2. The Kier molecular flexibility index (Phi) is 15.3. The third-order valence-electron chi connectivity index (χ3n) is 10.5. The average Bonchev–Trinajstić information content (AvgIpc) is 4.13. The summed E-state index contributed by atoms with van der Waals surface area (Å²) in [6.45, 7) is 3.47. The van der Waals surface area contributed by atoms with E-state index in [1.54, 1.807) is 60.7 Å². The Morgan fingerprint density at radius 1 is 0.431 bits per heavy atom. The van der Waals surface area contributed by atoms with Crippen LogP contribution in [-0.2, 0) is 4.79 Å². The SMILES string of the molecule is C=CC(=O)Oc1ccc(-c2c3nc(c(-c4ccc(C(=O)[O-])cc4)c4ccc([nH]4)c(-c4ccc(C(=O)[O-])cc4)c4nc(c(-c5ccc(C(=O)[O-])cc5)c5ccc2[nH]5)C=C4)C=C3)cc1.[Na+].[Na+].[Na+]. The second-order valence-electron chi connectivity index (χ2n) is 14.2. The minimum atomic E-state index is -1.32. The van der Waals surface area contributed by atoms with Gasteiger partial charge in [-0.1, -0.05) is 91.5 Å². The summed E-state index contributed by atoms with van der Waals surface area (Å²) in [5.41, 5.74) is 10.1. The zero-order valence-electron chi connectivity index (χ0n) is 35.3. The summed E-state index contributed by atoms with van der Waals surface area (Å²) < 4.78 is 5.36. The number of aromatic amines is 2. The fourth-order valence-corrected chi connectivity index (χ4v) is 7.59. The van der Waals surface area contributed by atoms with Crippen LogP contribution in [0.15, 0.2) is 134 Å². The molecule has 0 atom stereocenters. The van der Waals surface area contributed by atoms with E-state index in [9.17, 15) is 34.5 Å². The van der Waals surface area contributed by atoms with Crippen molar-refractivity contribution in [3.63, 3.8) is 0 Å². The van der Waals surface area contributed by atoms with E-state index >= 15 is 0 Å². The molecular formula is C50H29N4Na3O8. The number of esters is 1. The molecule has 0 saturated heterocycles. The molecule has 3 aromatic heterocycles. The maximum absolute atomic E-state index is 12.0. The number of nitrogens with one attached hydrogen (secondary N) is 2. The van der Waals surface area contributed by atoms with E-state index in [1.165, 1.54) is 36.4 Å². The second kappa shape index (κ2) is 20.5. The van der Waals surface area contributed by atoms with Gasteiger partial charge in [-0.25, -0.2) is 14.8 Å². The molecular weight excluding hydrogens is 854 g/mol. The number of rotatable bonds is 9. The van der Waals surface area contributed by atoms with Crippen LogP contribution >= 0.6 is 0 Å². The van der Waals surface area contributed by atoms with E-state index in [-0.39, 0.29) is 105 Å². The van der Waals surface area contributed by atoms with Gasteiger partial charge in [0, 0.05) is 50.4 Å². The molecule has 0 radical (unpaired) electrons. The Hall–Kier alpha value is -5.90. The smallest absolute Gasteiger partial charge is 0.545 e. The molecule has 2 aliphatic rings. The van der Waals surface area contributed by atoms with Gasteiger partial charge in [-0.3, -0.25) is 0 Å². The van der Waals surface area contributed by atoms with Crippen molar-refractivity contribution in [2.45, 2.75) is 0 Å². The zero-order chi connectivity index (χ0) is 43.1. The molecule has 2 aliphatic heterocycles. The van der Waals surface area contributed by atoms with Crippen LogP contribution in [0.1, 0.15) is 53.8 Å². The number of carboxylic acids is 3. The first-order valence-corrected chi connectivity index (χ1v) is 19.1. The summed E-state index contributed by atoms with van der Waals surface area (Å²) >= 11 is 0. The fraction of sp³-hybridized carbons (Fsp3) is 0. The molecule has 0 fully saturated rings. The molecule has 300 valence electrons. The number of carbonyl (C=O) groups is 4. The van der Waals surface area contributed by atoms with E-state index in [1.807, 2.05) is 48.6 Å². The molecule has 0 saturated carbocycles. The molecule has 15 heteroatoms. The standard InChI is InChI=1S/C50H32N4O8.3Na/c1-2-43(55)62-34-17-15-30(16-18-34)47-41-25-23-39(53-41)45(28-5-11-32(12-6-28)49(58)59)37-21-19-35(51-37)44(27-3-9-31(10-4-27)48(56)57)36-20-22-38(52-36)46(40-24-26-42(47)54-40)29-7-13-33(14-8-29)50(60)61;;;/h2-26,51,54H,1H2,(H,56,57)(H,58,59)(H,60,61);;;/q;3*+1/p-3. The molecule has 7 aromatic rings. The number of H-pyrrole nitrogens is 2. The van der Waals surface area contributed by atoms with Crippen LogP contribution in [0.2, 0.25) is 0 Å². The number of hydrogen-bond donors (Lipinski definition) is 2. The molecule has 0 amide bonds. The summed E-state index contributed by atoms with van der Waals surface area (Å²) in [5.74, 6) is -4.24. The number of aromatic carboxylic acids is 3.